The molecule has 0 spiro atoms. The van der Waals surface area contributed by atoms with Crippen LogP contribution in [-0.4, -0.2) is 53.5 Å². The first-order chi connectivity index (χ1) is 17.8. The average molecular weight is 604 g/mol. The lowest BCUT2D eigenvalue weighted by Crippen LogP contribution is -2.36. The number of amides is 2. The molecule has 1 heterocycles. The molecule has 8 nitrogen and oxygen atoms in total. The standard InChI is InChI=1S/C28H39BrN4O4Si/c1-8-32(27(35)37-28(2,3)4)18-20-10-9-11-22(16-20)30-26(34)25-23-17-21(29)12-13-24(23)33(31-25)19-36-14-15-38(5,6)7/h9-13,16-17H,8,14-15,18-19H2,1-7H3,(H,30,34). The fraction of sp³-hybridized carbons (Fsp3) is 0.464. The number of hydrogen-bond acceptors (Lipinski definition) is 5. The molecule has 0 saturated heterocycles. The second kappa shape index (κ2) is 12.4. The average Bonchev–Trinajstić information content (AvgIpc) is 3.16. The Hall–Kier alpha value is -2.69. The van der Waals surface area contributed by atoms with Crippen molar-refractivity contribution in [1.82, 2.24) is 14.7 Å². The number of ether oxygens (including phenoxy) is 2. The first kappa shape index (κ1) is 29.9. The first-order valence-corrected chi connectivity index (χ1v) is 17.4. The monoisotopic (exact) mass is 602 g/mol. The summed E-state index contributed by atoms with van der Waals surface area (Å²) in [5.74, 6) is -0.314. The van der Waals surface area contributed by atoms with E-state index >= 15 is 0 Å². The summed E-state index contributed by atoms with van der Waals surface area (Å²) >= 11 is 3.51. The first-order valence-electron chi connectivity index (χ1n) is 12.9. The van der Waals surface area contributed by atoms with Gasteiger partial charge in [0.2, 0.25) is 0 Å². The minimum absolute atomic E-state index is 0.281. The van der Waals surface area contributed by atoms with Gasteiger partial charge in [-0.1, -0.05) is 47.7 Å². The van der Waals surface area contributed by atoms with Gasteiger partial charge in [-0.25, -0.2) is 9.48 Å². The number of benzene rings is 2. The Kier molecular flexibility index (Phi) is 9.78. The minimum atomic E-state index is -1.20. The van der Waals surface area contributed by atoms with Crippen molar-refractivity contribution >= 4 is 52.6 Å². The Balaban J connectivity index is 1.76. The molecule has 0 aliphatic heterocycles. The van der Waals surface area contributed by atoms with Crippen LogP contribution in [-0.2, 0) is 22.7 Å². The lowest BCUT2D eigenvalue weighted by atomic mass is 10.1. The molecule has 2 amide bonds. The summed E-state index contributed by atoms with van der Waals surface area (Å²) < 4.78 is 14.0. The van der Waals surface area contributed by atoms with Gasteiger partial charge in [0, 0.05) is 43.3 Å². The van der Waals surface area contributed by atoms with E-state index in [9.17, 15) is 9.59 Å². The highest BCUT2D eigenvalue weighted by molar-refractivity contribution is 9.10. The van der Waals surface area contributed by atoms with Crippen molar-refractivity contribution in [3.8, 4) is 0 Å². The lowest BCUT2D eigenvalue weighted by molar-refractivity contribution is 0.0244. The van der Waals surface area contributed by atoms with Crippen molar-refractivity contribution in [2.75, 3.05) is 18.5 Å². The van der Waals surface area contributed by atoms with Gasteiger partial charge in [0.15, 0.2) is 5.69 Å². The summed E-state index contributed by atoms with van der Waals surface area (Å²) in [6.45, 7) is 16.2. The van der Waals surface area contributed by atoms with E-state index < -0.39 is 13.7 Å². The molecule has 0 radical (unpaired) electrons. The zero-order chi connectivity index (χ0) is 28.1. The lowest BCUT2D eigenvalue weighted by Gasteiger charge is -2.26. The summed E-state index contributed by atoms with van der Waals surface area (Å²) in [7, 11) is -1.20. The molecule has 0 bridgehead atoms. The van der Waals surface area contributed by atoms with Crippen molar-refractivity contribution in [3.63, 3.8) is 0 Å². The number of nitrogens with zero attached hydrogens (tertiary/aromatic N) is 3. The van der Waals surface area contributed by atoms with Crippen molar-refractivity contribution in [2.24, 2.45) is 0 Å². The van der Waals surface area contributed by atoms with Crippen molar-refractivity contribution in [2.45, 2.75) is 72.3 Å². The maximum absolute atomic E-state index is 13.3. The minimum Gasteiger partial charge on any atom is -0.444 e. The van der Waals surface area contributed by atoms with Gasteiger partial charge in [0.1, 0.15) is 12.3 Å². The van der Waals surface area contributed by atoms with E-state index in [0.29, 0.717) is 31.1 Å². The van der Waals surface area contributed by atoms with E-state index in [2.05, 4.69) is 46.0 Å². The summed E-state index contributed by atoms with van der Waals surface area (Å²) in [6, 6.07) is 14.3. The number of aromatic nitrogens is 2. The Labute approximate surface area is 234 Å². The second-order valence-corrected chi connectivity index (χ2v) is 18.0. The van der Waals surface area contributed by atoms with Crippen molar-refractivity contribution in [1.29, 1.82) is 0 Å². The third kappa shape index (κ3) is 8.67. The summed E-state index contributed by atoms with van der Waals surface area (Å²) in [5, 5.41) is 8.31. The highest BCUT2D eigenvalue weighted by Crippen LogP contribution is 2.25. The predicted molar refractivity (Wildman–Crippen MR) is 158 cm³/mol. The second-order valence-electron chi connectivity index (χ2n) is 11.5. The van der Waals surface area contributed by atoms with Crippen LogP contribution in [0.15, 0.2) is 46.9 Å². The van der Waals surface area contributed by atoms with Crippen LogP contribution in [0.1, 0.15) is 43.7 Å². The smallest absolute Gasteiger partial charge is 0.410 e. The zero-order valence-electron chi connectivity index (χ0n) is 23.4. The molecule has 2 aromatic carbocycles. The van der Waals surface area contributed by atoms with Gasteiger partial charge in [-0.3, -0.25) is 4.79 Å². The number of fused-ring (bicyclic) bond motifs is 1. The van der Waals surface area contributed by atoms with Gasteiger partial charge in [-0.15, -0.1) is 0 Å². The predicted octanol–water partition coefficient (Wildman–Crippen LogP) is 7.12. The van der Waals surface area contributed by atoms with Crippen LogP contribution in [0.3, 0.4) is 0 Å². The van der Waals surface area contributed by atoms with E-state index in [0.717, 1.165) is 27.0 Å². The SMILES string of the molecule is CCN(Cc1cccc(NC(=O)c2nn(COCC[Si](C)(C)C)c3ccc(Br)cc23)c1)C(=O)OC(C)(C)C. The van der Waals surface area contributed by atoms with Crippen LogP contribution in [0, 0.1) is 0 Å². The Morgan fingerprint density at radius 3 is 2.53 bits per heavy atom. The molecule has 0 aliphatic rings. The van der Waals surface area contributed by atoms with Gasteiger partial charge in [0.05, 0.1) is 5.52 Å². The molecule has 0 aliphatic carbocycles. The van der Waals surface area contributed by atoms with Gasteiger partial charge >= 0.3 is 6.09 Å². The molecule has 10 heteroatoms. The molecule has 38 heavy (non-hydrogen) atoms. The molecule has 1 aromatic heterocycles. The third-order valence-corrected chi connectivity index (χ3v) is 7.93. The van der Waals surface area contributed by atoms with E-state index in [4.69, 9.17) is 9.47 Å². The molecule has 1 N–H and O–H groups in total. The van der Waals surface area contributed by atoms with Crippen molar-refractivity contribution < 1.29 is 19.1 Å². The number of anilines is 1. The van der Waals surface area contributed by atoms with E-state index in [-0.39, 0.29) is 18.7 Å². The topological polar surface area (TPSA) is 85.7 Å². The normalized spacial score (nSPS) is 12.0. The van der Waals surface area contributed by atoms with E-state index in [1.807, 2.05) is 70.2 Å². The van der Waals surface area contributed by atoms with Gasteiger partial charge in [0.25, 0.3) is 5.91 Å². The highest BCUT2D eigenvalue weighted by atomic mass is 79.9. The maximum atomic E-state index is 13.3. The number of hydrogen-bond donors (Lipinski definition) is 1. The molecule has 206 valence electrons. The number of carbonyl (C=O) groups is 2. The largest absolute Gasteiger partial charge is 0.444 e. The third-order valence-electron chi connectivity index (χ3n) is 5.73. The van der Waals surface area contributed by atoms with Crippen LogP contribution in [0.2, 0.25) is 25.7 Å². The molecule has 0 atom stereocenters. The highest BCUT2D eigenvalue weighted by Gasteiger charge is 2.22. The Bertz CT molecular complexity index is 1280. The molecule has 0 saturated carbocycles. The van der Waals surface area contributed by atoms with Crippen LogP contribution in [0.25, 0.3) is 10.9 Å². The summed E-state index contributed by atoms with van der Waals surface area (Å²) in [4.78, 5) is 27.5. The van der Waals surface area contributed by atoms with Crippen LogP contribution >= 0.6 is 15.9 Å². The molecular formula is C28H39BrN4O4Si. The fourth-order valence-electron chi connectivity index (χ4n) is 3.74. The number of carbonyl (C=O) groups excluding carboxylic acids is 2. The molecule has 3 rings (SSSR count). The van der Waals surface area contributed by atoms with Gasteiger partial charge in [-0.2, -0.15) is 5.10 Å². The fourth-order valence-corrected chi connectivity index (χ4v) is 4.85. The van der Waals surface area contributed by atoms with Crippen LogP contribution in [0.5, 0.6) is 0 Å². The van der Waals surface area contributed by atoms with Crippen LogP contribution < -0.4 is 5.32 Å². The Morgan fingerprint density at radius 2 is 1.87 bits per heavy atom. The van der Waals surface area contributed by atoms with Crippen LogP contribution in [0.4, 0.5) is 10.5 Å². The Morgan fingerprint density at radius 1 is 1.13 bits per heavy atom. The number of halogens is 1. The summed E-state index contributed by atoms with van der Waals surface area (Å²) in [5.41, 5.74) is 2.09. The quantitative estimate of drug-likeness (QED) is 0.197. The molecule has 0 unspecified atom stereocenters. The number of rotatable bonds is 10. The van der Waals surface area contributed by atoms with Gasteiger partial charge < -0.3 is 19.7 Å². The van der Waals surface area contributed by atoms with Gasteiger partial charge in [-0.05, 0) is 69.6 Å². The van der Waals surface area contributed by atoms with E-state index in [1.54, 1.807) is 9.58 Å². The molecule has 3 aromatic rings. The molecule has 0 fully saturated rings. The summed E-state index contributed by atoms with van der Waals surface area (Å²) in [6.07, 6.45) is -0.371. The molecular weight excluding hydrogens is 564 g/mol. The van der Waals surface area contributed by atoms with E-state index in [1.165, 1.54) is 0 Å². The maximum Gasteiger partial charge on any atom is 0.410 e. The zero-order valence-corrected chi connectivity index (χ0v) is 26.0. The number of nitrogens with one attached hydrogen (secondary N) is 1. The van der Waals surface area contributed by atoms with Crippen molar-refractivity contribution in [3.05, 3.63) is 58.2 Å².